The molecular formula is C35H43ClN4O2+2. The molecule has 2 aromatic carbocycles. The SMILES string of the molecule is CC1CC=CC(Cc2cccc(Cl)c2)C(C)N=C1C(=O)[N+]1(C)CCN(C(=O)c2cc3ccccc3c[n+]2C)CC1(C)C. The third kappa shape index (κ3) is 5.80. The molecule has 0 saturated carbocycles. The van der Waals surface area contributed by atoms with E-state index in [1.54, 1.807) is 0 Å². The number of quaternary nitrogens is 1. The van der Waals surface area contributed by atoms with Crippen molar-refractivity contribution in [2.24, 2.45) is 23.9 Å². The Morgan fingerprint density at radius 2 is 1.83 bits per heavy atom. The summed E-state index contributed by atoms with van der Waals surface area (Å²) in [6, 6.07) is 18.0. The van der Waals surface area contributed by atoms with E-state index in [9.17, 15) is 9.59 Å². The number of hydrogen-bond acceptors (Lipinski definition) is 3. The minimum Gasteiger partial charge on any atom is -0.322 e. The summed E-state index contributed by atoms with van der Waals surface area (Å²) in [7, 11) is 3.94. The fraction of sp³-hybridized carbons (Fsp3) is 0.429. The van der Waals surface area contributed by atoms with Crippen molar-refractivity contribution in [3.05, 3.63) is 89.2 Å². The zero-order valence-corrected chi connectivity index (χ0v) is 26.4. The second-order valence-electron chi connectivity index (χ2n) is 13.0. The van der Waals surface area contributed by atoms with Gasteiger partial charge in [0.05, 0.1) is 26.2 Å². The maximum Gasteiger partial charge on any atom is 0.360 e. The molecule has 0 radical (unpaired) electrons. The summed E-state index contributed by atoms with van der Waals surface area (Å²) in [5.41, 5.74) is 1.99. The van der Waals surface area contributed by atoms with Gasteiger partial charge in [-0.15, -0.1) is 0 Å². The number of allylic oxidation sites excluding steroid dienone is 1. The molecule has 4 atom stereocenters. The first kappa shape index (κ1) is 30.1. The first-order chi connectivity index (χ1) is 19.9. The highest BCUT2D eigenvalue weighted by Crippen LogP contribution is 2.32. The van der Waals surface area contributed by atoms with Crippen molar-refractivity contribution in [1.29, 1.82) is 0 Å². The lowest BCUT2D eigenvalue weighted by atomic mass is 9.87. The summed E-state index contributed by atoms with van der Waals surface area (Å²) >= 11 is 6.25. The predicted molar refractivity (Wildman–Crippen MR) is 170 cm³/mol. The van der Waals surface area contributed by atoms with E-state index in [1.165, 1.54) is 5.56 Å². The molecule has 6 nitrogen and oxygen atoms in total. The second kappa shape index (κ2) is 11.7. The Morgan fingerprint density at radius 1 is 1.10 bits per heavy atom. The molecule has 5 rings (SSSR count). The Hall–Kier alpha value is -3.35. The zero-order valence-electron chi connectivity index (χ0n) is 25.7. The molecule has 0 bridgehead atoms. The van der Waals surface area contributed by atoms with E-state index in [0.717, 1.165) is 28.6 Å². The zero-order chi connectivity index (χ0) is 30.2. The van der Waals surface area contributed by atoms with Gasteiger partial charge in [-0.05, 0) is 62.8 Å². The van der Waals surface area contributed by atoms with Gasteiger partial charge in [0.1, 0.15) is 24.8 Å². The summed E-state index contributed by atoms with van der Waals surface area (Å²) in [4.78, 5) is 35.3. The van der Waals surface area contributed by atoms with Crippen LogP contribution in [0.2, 0.25) is 5.02 Å². The van der Waals surface area contributed by atoms with Crippen LogP contribution in [0.25, 0.3) is 10.8 Å². The van der Waals surface area contributed by atoms with Crippen molar-refractivity contribution in [2.45, 2.75) is 52.1 Å². The number of aryl methyl sites for hydroxylation is 1. The number of halogens is 1. The molecular weight excluding hydrogens is 544 g/mol. The minimum absolute atomic E-state index is 0.00527. The van der Waals surface area contributed by atoms with Gasteiger partial charge in [-0.3, -0.25) is 14.3 Å². The van der Waals surface area contributed by atoms with E-state index in [0.29, 0.717) is 31.0 Å². The first-order valence-electron chi connectivity index (χ1n) is 15.0. The lowest BCUT2D eigenvalue weighted by molar-refractivity contribution is -0.885. The van der Waals surface area contributed by atoms with Crippen LogP contribution >= 0.6 is 11.6 Å². The molecule has 1 saturated heterocycles. The maximum atomic E-state index is 14.5. The molecule has 0 spiro atoms. The topological polar surface area (TPSA) is 53.6 Å². The van der Waals surface area contributed by atoms with Gasteiger partial charge >= 0.3 is 11.8 Å². The number of hydrogen-bond donors (Lipinski definition) is 0. The van der Waals surface area contributed by atoms with Crippen LogP contribution in [-0.2, 0) is 18.3 Å². The molecule has 3 heterocycles. The molecule has 7 heteroatoms. The van der Waals surface area contributed by atoms with E-state index in [2.05, 4.69) is 52.0 Å². The van der Waals surface area contributed by atoms with Crippen LogP contribution in [-0.4, -0.2) is 65.2 Å². The van der Waals surface area contributed by atoms with Crippen LogP contribution in [0.5, 0.6) is 0 Å². The minimum atomic E-state index is -0.496. The van der Waals surface area contributed by atoms with Crippen molar-refractivity contribution < 1.29 is 18.6 Å². The molecule has 0 N–H and O–H groups in total. The van der Waals surface area contributed by atoms with Crippen molar-refractivity contribution in [2.75, 3.05) is 26.7 Å². The fourth-order valence-electron chi connectivity index (χ4n) is 6.40. The molecule has 1 fully saturated rings. The Balaban J connectivity index is 1.37. The smallest absolute Gasteiger partial charge is 0.322 e. The number of carbonyl (C=O) groups is 2. The van der Waals surface area contributed by atoms with Gasteiger partial charge in [-0.1, -0.05) is 61.0 Å². The normalized spacial score (nSPS) is 25.9. The quantitative estimate of drug-likeness (QED) is 0.220. The van der Waals surface area contributed by atoms with E-state index in [1.807, 2.05) is 72.2 Å². The van der Waals surface area contributed by atoms with E-state index in [4.69, 9.17) is 16.6 Å². The molecule has 3 aromatic rings. The lowest BCUT2D eigenvalue weighted by Gasteiger charge is -2.51. The number of benzene rings is 2. The highest BCUT2D eigenvalue weighted by Gasteiger charge is 2.53. The number of fused-ring (bicyclic) bond motifs is 1. The highest BCUT2D eigenvalue weighted by molar-refractivity contribution is 6.37. The standard InChI is InChI=1S/C35H43ClN4O2/c1-24-11-9-15-27(19-26-12-10-16-30(36)20-26)25(2)37-32(24)34(42)40(6)18-17-39(23-35(40,3)4)33(41)31-21-28-13-7-8-14-29(28)22-38(31)5/h7-10,12-16,20-22,24-25,27H,11,17-19,23H2,1-6H3/q+2. The number of aromatic nitrogens is 1. The molecule has 2 aliphatic rings. The summed E-state index contributed by atoms with van der Waals surface area (Å²) < 4.78 is 2.13. The van der Waals surface area contributed by atoms with Crippen molar-refractivity contribution in [3.63, 3.8) is 0 Å². The molecule has 2 amide bonds. The third-order valence-electron chi connectivity index (χ3n) is 9.57. The van der Waals surface area contributed by atoms with E-state index >= 15 is 0 Å². The van der Waals surface area contributed by atoms with Gasteiger partial charge < -0.3 is 4.90 Å². The van der Waals surface area contributed by atoms with Crippen molar-refractivity contribution in [1.82, 2.24) is 4.90 Å². The molecule has 220 valence electrons. The molecule has 4 unspecified atom stereocenters. The van der Waals surface area contributed by atoms with Crippen LogP contribution < -0.4 is 4.57 Å². The largest absolute Gasteiger partial charge is 0.360 e. The molecule has 42 heavy (non-hydrogen) atoms. The highest BCUT2D eigenvalue weighted by atomic mass is 35.5. The van der Waals surface area contributed by atoms with Crippen LogP contribution in [0.15, 0.2) is 77.9 Å². The molecule has 2 aliphatic heterocycles. The maximum absolute atomic E-state index is 14.5. The van der Waals surface area contributed by atoms with Gasteiger partial charge in [0.25, 0.3) is 5.69 Å². The van der Waals surface area contributed by atoms with Crippen LogP contribution in [0, 0.1) is 11.8 Å². The fourth-order valence-corrected chi connectivity index (χ4v) is 6.62. The van der Waals surface area contributed by atoms with Gasteiger partial charge in [-0.25, -0.2) is 4.79 Å². The predicted octanol–water partition coefficient (Wildman–Crippen LogP) is 5.81. The number of piperazine rings is 1. The van der Waals surface area contributed by atoms with E-state index in [-0.39, 0.29) is 34.2 Å². The van der Waals surface area contributed by atoms with Gasteiger partial charge in [0.15, 0.2) is 6.20 Å². The third-order valence-corrected chi connectivity index (χ3v) is 9.80. The molecule has 0 aliphatic carbocycles. The number of likely N-dealkylation sites (N-methyl/N-ethyl adjacent to an activating group) is 1. The Bertz CT molecular complexity index is 1580. The van der Waals surface area contributed by atoms with Crippen LogP contribution in [0.4, 0.5) is 0 Å². The van der Waals surface area contributed by atoms with Gasteiger partial charge in [0.2, 0.25) is 0 Å². The number of pyridine rings is 1. The Labute approximate surface area is 254 Å². The summed E-state index contributed by atoms with van der Waals surface area (Å²) in [5, 5.41) is 2.87. The van der Waals surface area contributed by atoms with Gasteiger partial charge in [-0.2, -0.15) is 4.57 Å². The number of amides is 2. The average Bonchev–Trinajstić information content (AvgIpc) is 2.94. The lowest BCUT2D eigenvalue weighted by Crippen LogP contribution is -2.73. The number of rotatable bonds is 4. The summed E-state index contributed by atoms with van der Waals surface area (Å²) in [6.45, 7) is 9.94. The molecule has 1 aromatic heterocycles. The van der Waals surface area contributed by atoms with Gasteiger partial charge in [0, 0.05) is 28.3 Å². The number of nitrogens with zero attached hydrogens (tertiary/aromatic N) is 4. The Morgan fingerprint density at radius 3 is 2.55 bits per heavy atom. The first-order valence-corrected chi connectivity index (χ1v) is 15.3. The van der Waals surface area contributed by atoms with Crippen molar-refractivity contribution in [3.8, 4) is 0 Å². The number of aliphatic imine (C=N–C) groups is 1. The number of carbonyl (C=O) groups excluding carboxylic acids is 2. The summed E-state index contributed by atoms with van der Waals surface area (Å²) in [6.07, 6.45) is 8.06. The van der Waals surface area contributed by atoms with Crippen molar-refractivity contribution >= 4 is 39.9 Å². The monoisotopic (exact) mass is 586 g/mol. The van der Waals surface area contributed by atoms with Crippen LogP contribution in [0.1, 0.15) is 50.2 Å². The average molecular weight is 587 g/mol. The van der Waals surface area contributed by atoms with E-state index < -0.39 is 5.54 Å². The van der Waals surface area contributed by atoms with Crippen LogP contribution in [0.3, 0.4) is 0 Å². The summed E-state index contributed by atoms with van der Waals surface area (Å²) in [5.74, 6) is 0.258. The second-order valence-corrected chi connectivity index (χ2v) is 13.4. The Kier molecular flexibility index (Phi) is 8.41.